The lowest BCUT2D eigenvalue weighted by atomic mass is 10.1. The van der Waals surface area contributed by atoms with Gasteiger partial charge in [-0.1, -0.05) is 12.2 Å². The van der Waals surface area contributed by atoms with Gasteiger partial charge in [-0.05, 0) is 37.6 Å². The summed E-state index contributed by atoms with van der Waals surface area (Å²) in [6, 6.07) is 4.14. The van der Waals surface area contributed by atoms with E-state index in [1.165, 1.54) is 0 Å². The van der Waals surface area contributed by atoms with Gasteiger partial charge >= 0.3 is 0 Å². The van der Waals surface area contributed by atoms with Crippen LogP contribution >= 0.6 is 0 Å². The molecule has 1 aromatic rings. The highest BCUT2D eigenvalue weighted by molar-refractivity contribution is 6.04. The van der Waals surface area contributed by atoms with Gasteiger partial charge in [0.05, 0.1) is 11.6 Å². The van der Waals surface area contributed by atoms with Gasteiger partial charge in [-0.2, -0.15) is 5.26 Å². The Hall–Kier alpha value is -2.67. The number of aliphatic imine (C=N–C) groups is 1. The lowest BCUT2D eigenvalue weighted by molar-refractivity contribution is 1.16. The molecular weight excluding hydrogens is 260 g/mol. The van der Waals surface area contributed by atoms with Crippen molar-refractivity contribution in [3.05, 3.63) is 59.0 Å². The number of hydrogen-bond acceptors (Lipinski definition) is 4. The van der Waals surface area contributed by atoms with Crippen molar-refractivity contribution in [1.82, 2.24) is 4.98 Å². The van der Waals surface area contributed by atoms with Crippen LogP contribution in [0, 0.1) is 18.3 Å². The molecule has 0 atom stereocenters. The van der Waals surface area contributed by atoms with Crippen molar-refractivity contribution in [3.8, 4) is 6.07 Å². The Morgan fingerprint density at radius 1 is 1.48 bits per heavy atom. The largest absolute Gasteiger partial charge is 0.343 e. The zero-order valence-corrected chi connectivity index (χ0v) is 12.5. The molecule has 0 fully saturated rings. The first-order chi connectivity index (χ1) is 10.2. The Bertz CT molecular complexity index is 700. The van der Waals surface area contributed by atoms with Gasteiger partial charge in [-0.25, -0.2) is 4.98 Å². The predicted molar refractivity (Wildman–Crippen MR) is 86.3 cm³/mol. The molecule has 21 heavy (non-hydrogen) atoms. The molecule has 1 heterocycles. The van der Waals surface area contributed by atoms with Gasteiger partial charge < -0.3 is 5.32 Å². The van der Waals surface area contributed by atoms with E-state index in [2.05, 4.69) is 21.4 Å². The van der Waals surface area contributed by atoms with Crippen molar-refractivity contribution in [2.24, 2.45) is 4.99 Å². The fourth-order valence-electron chi connectivity index (χ4n) is 2.19. The molecule has 1 N–H and O–H groups in total. The molecule has 0 saturated heterocycles. The molecule has 1 aromatic heterocycles. The minimum absolute atomic E-state index is 0.626. The highest BCUT2D eigenvalue weighted by Crippen LogP contribution is 2.21. The summed E-state index contributed by atoms with van der Waals surface area (Å²) < 4.78 is 0. The molecule has 0 aliphatic heterocycles. The number of rotatable bonds is 3. The lowest BCUT2D eigenvalue weighted by Gasteiger charge is -2.14. The SMILES string of the molecule is CN=C(C)c1c(C)ccnc1NC1=CC(C#N)=CC=CC1. The maximum absolute atomic E-state index is 9.07. The number of pyridine rings is 1. The van der Waals surface area contributed by atoms with Crippen molar-refractivity contribution in [3.63, 3.8) is 0 Å². The van der Waals surface area contributed by atoms with Crippen LogP contribution in [0.15, 0.2) is 52.8 Å². The highest BCUT2D eigenvalue weighted by Gasteiger charge is 2.11. The Kier molecular flexibility index (Phi) is 4.68. The number of anilines is 1. The number of nitriles is 1. The third-order valence-corrected chi connectivity index (χ3v) is 3.34. The number of nitrogens with zero attached hydrogens (tertiary/aromatic N) is 3. The summed E-state index contributed by atoms with van der Waals surface area (Å²) in [7, 11) is 1.77. The summed E-state index contributed by atoms with van der Waals surface area (Å²) >= 11 is 0. The van der Waals surface area contributed by atoms with Crippen LogP contribution in [0.3, 0.4) is 0 Å². The number of hydrogen-bond donors (Lipinski definition) is 1. The zero-order valence-electron chi connectivity index (χ0n) is 12.5. The van der Waals surface area contributed by atoms with Gasteiger partial charge in [0.15, 0.2) is 0 Å². The smallest absolute Gasteiger partial charge is 0.139 e. The number of allylic oxidation sites excluding steroid dienone is 5. The fourth-order valence-corrected chi connectivity index (χ4v) is 2.19. The van der Waals surface area contributed by atoms with E-state index in [1.54, 1.807) is 19.3 Å². The quantitative estimate of drug-likeness (QED) is 0.860. The monoisotopic (exact) mass is 278 g/mol. The van der Waals surface area contributed by atoms with Crippen molar-refractivity contribution in [2.75, 3.05) is 12.4 Å². The van der Waals surface area contributed by atoms with Crippen LogP contribution in [0.5, 0.6) is 0 Å². The molecule has 2 rings (SSSR count). The van der Waals surface area contributed by atoms with Gasteiger partial charge in [0.1, 0.15) is 5.82 Å². The van der Waals surface area contributed by atoms with Crippen molar-refractivity contribution < 1.29 is 0 Å². The van der Waals surface area contributed by atoms with Crippen molar-refractivity contribution in [2.45, 2.75) is 20.3 Å². The topological polar surface area (TPSA) is 61.1 Å². The molecule has 0 aromatic carbocycles. The average Bonchev–Trinajstić information content (AvgIpc) is 2.72. The second kappa shape index (κ2) is 6.67. The molecule has 0 amide bonds. The minimum atomic E-state index is 0.626. The zero-order chi connectivity index (χ0) is 15.2. The molecule has 1 aliphatic carbocycles. The van der Waals surface area contributed by atoms with Gasteiger partial charge in [0, 0.05) is 36.6 Å². The Balaban J connectivity index is 2.39. The van der Waals surface area contributed by atoms with Gasteiger partial charge in [0.25, 0.3) is 0 Å². The van der Waals surface area contributed by atoms with E-state index in [4.69, 9.17) is 5.26 Å². The summed E-state index contributed by atoms with van der Waals surface area (Å²) in [5.74, 6) is 0.775. The van der Waals surface area contributed by atoms with Crippen molar-refractivity contribution in [1.29, 1.82) is 5.26 Å². The first kappa shape index (κ1) is 14.7. The maximum atomic E-state index is 9.07. The van der Waals surface area contributed by atoms with E-state index < -0.39 is 0 Å². The molecule has 0 unspecified atom stereocenters. The van der Waals surface area contributed by atoms with Crippen LogP contribution in [-0.4, -0.2) is 17.7 Å². The van der Waals surface area contributed by atoms with Gasteiger partial charge in [-0.15, -0.1) is 0 Å². The van der Waals surface area contributed by atoms with Crippen LogP contribution in [0.1, 0.15) is 24.5 Å². The normalized spacial score (nSPS) is 14.9. The Morgan fingerprint density at radius 3 is 3.00 bits per heavy atom. The molecule has 0 bridgehead atoms. The minimum Gasteiger partial charge on any atom is -0.343 e. The maximum Gasteiger partial charge on any atom is 0.139 e. The second-order valence-corrected chi connectivity index (χ2v) is 4.82. The van der Waals surface area contributed by atoms with E-state index in [9.17, 15) is 0 Å². The molecule has 1 aliphatic rings. The van der Waals surface area contributed by atoms with Gasteiger partial charge in [-0.3, -0.25) is 4.99 Å². The molecule has 4 heteroatoms. The fraction of sp³-hybridized carbons (Fsp3) is 0.235. The summed E-state index contributed by atoms with van der Waals surface area (Å²) in [5, 5.41) is 12.4. The predicted octanol–water partition coefficient (Wildman–Crippen LogP) is 3.53. The summed E-state index contributed by atoms with van der Waals surface area (Å²) in [4.78, 5) is 8.69. The van der Waals surface area contributed by atoms with Crippen LogP contribution in [-0.2, 0) is 0 Å². The van der Waals surface area contributed by atoms with Crippen LogP contribution in [0.25, 0.3) is 0 Å². The molecule has 0 spiro atoms. The molecule has 4 nitrogen and oxygen atoms in total. The third kappa shape index (κ3) is 3.46. The summed E-state index contributed by atoms with van der Waals surface area (Å²) in [5.41, 5.74) is 4.64. The average molecular weight is 278 g/mol. The van der Waals surface area contributed by atoms with E-state index in [0.29, 0.717) is 5.57 Å². The van der Waals surface area contributed by atoms with Crippen LogP contribution in [0.2, 0.25) is 0 Å². The standard InChI is InChI=1S/C17H18N4/c1-12-8-9-20-17(16(12)13(2)19-3)21-15-7-5-4-6-14(10-15)11-18/h4-6,8-10H,7H2,1-3H3,(H,20,21). The molecular formula is C17H18N4. The van der Waals surface area contributed by atoms with E-state index in [1.807, 2.05) is 38.1 Å². The van der Waals surface area contributed by atoms with Crippen molar-refractivity contribution >= 4 is 11.5 Å². The summed E-state index contributed by atoms with van der Waals surface area (Å²) in [6.07, 6.45) is 10.1. The first-order valence-corrected chi connectivity index (χ1v) is 6.79. The number of nitrogens with one attached hydrogen (secondary N) is 1. The molecule has 0 saturated carbocycles. The Morgan fingerprint density at radius 2 is 2.29 bits per heavy atom. The van der Waals surface area contributed by atoms with Gasteiger partial charge in [0.2, 0.25) is 0 Å². The first-order valence-electron chi connectivity index (χ1n) is 6.79. The Labute approximate surface area is 125 Å². The van der Waals surface area contributed by atoms with E-state index in [-0.39, 0.29) is 0 Å². The molecule has 0 radical (unpaired) electrons. The number of aryl methyl sites for hydroxylation is 1. The van der Waals surface area contributed by atoms with E-state index >= 15 is 0 Å². The third-order valence-electron chi connectivity index (χ3n) is 3.34. The highest BCUT2D eigenvalue weighted by atomic mass is 15.0. The number of aromatic nitrogens is 1. The molecule has 106 valence electrons. The van der Waals surface area contributed by atoms with E-state index in [0.717, 1.165) is 34.8 Å². The summed E-state index contributed by atoms with van der Waals surface area (Å²) in [6.45, 7) is 4.01. The van der Waals surface area contributed by atoms with Crippen LogP contribution in [0.4, 0.5) is 5.82 Å². The second-order valence-electron chi connectivity index (χ2n) is 4.82. The lowest BCUT2D eigenvalue weighted by Crippen LogP contribution is -2.09. The van der Waals surface area contributed by atoms with Crippen LogP contribution < -0.4 is 5.32 Å².